The summed E-state index contributed by atoms with van der Waals surface area (Å²) in [5.41, 5.74) is 2.03. The summed E-state index contributed by atoms with van der Waals surface area (Å²) in [6.45, 7) is 5.47. The largest absolute Gasteiger partial charge is 0.497 e. The second-order valence-electron chi connectivity index (χ2n) is 5.07. The highest BCUT2D eigenvalue weighted by molar-refractivity contribution is 6.11. The minimum Gasteiger partial charge on any atom is -0.497 e. The van der Waals surface area contributed by atoms with Gasteiger partial charge in [0.05, 0.1) is 12.7 Å². The number of hydrogen-bond acceptors (Lipinski definition) is 4. The van der Waals surface area contributed by atoms with Crippen LogP contribution in [-0.4, -0.2) is 12.9 Å². The van der Waals surface area contributed by atoms with Gasteiger partial charge in [0, 0.05) is 10.9 Å². The summed E-state index contributed by atoms with van der Waals surface area (Å²) in [5, 5.41) is 0.885. The molecule has 4 heteroatoms. The Kier molecular flexibility index (Phi) is 3.09. The number of hydrogen-bond donors (Lipinski definition) is 0. The number of carbonyl (C=O) groups excluding carboxylic acids is 1. The summed E-state index contributed by atoms with van der Waals surface area (Å²) >= 11 is 0. The third kappa shape index (κ3) is 2.13. The van der Waals surface area contributed by atoms with E-state index in [1.807, 2.05) is 32.0 Å². The molecule has 3 aromatic rings. The quantitative estimate of drug-likeness (QED) is 0.677. The van der Waals surface area contributed by atoms with Crippen molar-refractivity contribution in [2.45, 2.75) is 20.8 Å². The predicted octanol–water partition coefficient (Wildman–Crippen LogP) is 4.19. The van der Waals surface area contributed by atoms with Crippen molar-refractivity contribution in [2.24, 2.45) is 0 Å². The number of carbonyl (C=O) groups is 1. The first-order valence-corrected chi connectivity index (χ1v) is 6.70. The predicted molar refractivity (Wildman–Crippen MR) is 79.1 cm³/mol. The van der Waals surface area contributed by atoms with Crippen LogP contribution in [0.3, 0.4) is 0 Å². The van der Waals surface area contributed by atoms with Crippen molar-refractivity contribution < 1.29 is 18.4 Å². The highest BCUT2D eigenvalue weighted by Gasteiger charge is 2.23. The molecule has 0 atom stereocenters. The summed E-state index contributed by atoms with van der Waals surface area (Å²) in [7, 11) is 1.61. The Balaban J connectivity index is 2.14. The molecule has 0 aliphatic rings. The lowest BCUT2D eigenvalue weighted by molar-refractivity contribution is 0.101. The number of benzene rings is 1. The molecular weight excluding hydrogens is 268 g/mol. The van der Waals surface area contributed by atoms with Gasteiger partial charge < -0.3 is 13.6 Å². The van der Waals surface area contributed by atoms with Crippen molar-refractivity contribution in [1.29, 1.82) is 0 Å². The first-order chi connectivity index (χ1) is 10.0. The number of methoxy groups -OCH3 is 1. The minimum atomic E-state index is -0.156. The normalized spacial score (nSPS) is 11.0. The molecule has 0 unspecified atom stereocenters. The van der Waals surface area contributed by atoms with Crippen molar-refractivity contribution >= 4 is 16.8 Å². The summed E-state index contributed by atoms with van der Waals surface area (Å²) in [6.07, 6.45) is 0. The number of aryl methyl sites for hydroxylation is 3. The van der Waals surface area contributed by atoms with E-state index < -0.39 is 0 Å². The van der Waals surface area contributed by atoms with Crippen LogP contribution in [0.25, 0.3) is 11.0 Å². The van der Waals surface area contributed by atoms with Gasteiger partial charge in [-0.25, -0.2) is 0 Å². The first-order valence-electron chi connectivity index (χ1n) is 6.70. The molecule has 0 aliphatic carbocycles. The molecule has 0 fully saturated rings. The van der Waals surface area contributed by atoms with Gasteiger partial charge in [0.15, 0.2) is 5.76 Å². The average Bonchev–Trinajstić information content (AvgIpc) is 2.98. The van der Waals surface area contributed by atoms with Gasteiger partial charge in [0.25, 0.3) is 0 Å². The fraction of sp³-hybridized carbons (Fsp3) is 0.235. The molecule has 108 valence electrons. The highest BCUT2D eigenvalue weighted by Crippen LogP contribution is 2.31. The maximum atomic E-state index is 12.6. The Morgan fingerprint density at radius 1 is 1.10 bits per heavy atom. The van der Waals surface area contributed by atoms with Crippen LogP contribution in [0.15, 0.2) is 33.1 Å². The van der Waals surface area contributed by atoms with Crippen LogP contribution in [0.4, 0.5) is 0 Å². The first kappa shape index (κ1) is 13.5. The van der Waals surface area contributed by atoms with Crippen LogP contribution >= 0.6 is 0 Å². The van der Waals surface area contributed by atoms with Gasteiger partial charge in [-0.05, 0) is 45.0 Å². The standard InChI is InChI=1S/C17H16O4/c1-9-7-14(11(3)20-9)16(18)17-10(2)13-8-12(19-4)5-6-15(13)21-17/h5-8H,1-4H3. The molecule has 0 saturated carbocycles. The minimum absolute atomic E-state index is 0.156. The summed E-state index contributed by atoms with van der Waals surface area (Å²) < 4.78 is 16.4. The molecule has 2 aromatic heterocycles. The topological polar surface area (TPSA) is 52.6 Å². The number of rotatable bonds is 3. The number of fused-ring (bicyclic) bond motifs is 1. The Morgan fingerprint density at radius 2 is 1.86 bits per heavy atom. The Bertz CT molecular complexity index is 836. The van der Waals surface area contributed by atoms with Gasteiger partial charge in [0.2, 0.25) is 5.78 Å². The van der Waals surface area contributed by atoms with Crippen LogP contribution in [0.2, 0.25) is 0 Å². The Labute approximate surface area is 122 Å². The van der Waals surface area contributed by atoms with Crippen LogP contribution < -0.4 is 4.74 Å². The molecule has 0 amide bonds. The number of ether oxygens (including phenoxy) is 1. The number of ketones is 1. The fourth-order valence-electron chi connectivity index (χ4n) is 2.52. The maximum Gasteiger partial charge on any atom is 0.232 e. The molecule has 2 heterocycles. The van der Waals surface area contributed by atoms with Gasteiger partial charge in [-0.2, -0.15) is 0 Å². The van der Waals surface area contributed by atoms with E-state index in [0.717, 1.165) is 16.7 Å². The number of furan rings is 2. The molecule has 3 rings (SSSR count). The van der Waals surface area contributed by atoms with Gasteiger partial charge in [-0.3, -0.25) is 4.79 Å². The van der Waals surface area contributed by atoms with Crippen LogP contribution in [0, 0.1) is 20.8 Å². The third-order valence-electron chi connectivity index (χ3n) is 3.64. The zero-order valence-electron chi connectivity index (χ0n) is 12.4. The van der Waals surface area contributed by atoms with Gasteiger partial charge in [-0.15, -0.1) is 0 Å². The van der Waals surface area contributed by atoms with E-state index >= 15 is 0 Å². The van der Waals surface area contributed by atoms with Crippen LogP contribution in [0.1, 0.15) is 33.2 Å². The molecule has 1 aromatic carbocycles. The zero-order chi connectivity index (χ0) is 15.1. The molecular formula is C17H16O4. The van der Waals surface area contributed by atoms with E-state index in [2.05, 4.69) is 0 Å². The molecule has 0 spiro atoms. The van der Waals surface area contributed by atoms with Crippen molar-refractivity contribution in [2.75, 3.05) is 7.11 Å². The summed E-state index contributed by atoms with van der Waals surface area (Å²) in [6, 6.07) is 7.24. The van der Waals surface area contributed by atoms with Crippen LogP contribution in [-0.2, 0) is 0 Å². The van der Waals surface area contributed by atoms with E-state index in [1.165, 1.54) is 0 Å². The van der Waals surface area contributed by atoms with Crippen LogP contribution in [0.5, 0.6) is 5.75 Å². The van der Waals surface area contributed by atoms with E-state index in [9.17, 15) is 4.79 Å². The van der Waals surface area contributed by atoms with E-state index in [4.69, 9.17) is 13.6 Å². The summed E-state index contributed by atoms with van der Waals surface area (Å²) in [4.78, 5) is 12.6. The Morgan fingerprint density at radius 3 is 2.48 bits per heavy atom. The molecule has 0 N–H and O–H groups in total. The molecule has 4 nitrogen and oxygen atoms in total. The van der Waals surface area contributed by atoms with Gasteiger partial charge in [0.1, 0.15) is 22.9 Å². The lowest BCUT2D eigenvalue weighted by atomic mass is 10.1. The van der Waals surface area contributed by atoms with Crippen molar-refractivity contribution in [3.63, 3.8) is 0 Å². The Hall–Kier alpha value is -2.49. The second kappa shape index (κ2) is 4.81. The summed E-state index contributed by atoms with van der Waals surface area (Å²) in [5.74, 6) is 2.25. The van der Waals surface area contributed by atoms with E-state index in [-0.39, 0.29) is 5.78 Å². The third-order valence-corrected chi connectivity index (χ3v) is 3.64. The average molecular weight is 284 g/mol. The smallest absolute Gasteiger partial charge is 0.232 e. The van der Waals surface area contributed by atoms with E-state index in [1.54, 1.807) is 20.1 Å². The fourth-order valence-corrected chi connectivity index (χ4v) is 2.52. The molecule has 0 radical (unpaired) electrons. The van der Waals surface area contributed by atoms with E-state index in [0.29, 0.717) is 28.4 Å². The lowest BCUT2D eigenvalue weighted by Gasteiger charge is -1.98. The zero-order valence-corrected chi connectivity index (χ0v) is 12.4. The van der Waals surface area contributed by atoms with Gasteiger partial charge >= 0.3 is 0 Å². The highest BCUT2D eigenvalue weighted by atomic mass is 16.5. The van der Waals surface area contributed by atoms with Crippen molar-refractivity contribution in [1.82, 2.24) is 0 Å². The molecule has 21 heavy (non-hydrogen) atoms. The second-order valence-corrected chi connectivity index (χ2v) is 5.07. The lowest BCUT2D eigenvalue weighted by Crippen LogP contribution is -2.01. The van der Waals surface area contributed by atoms with Crippen molar-refractivity contribution in [3.8, 4) is 5.75 Å². The van der Waals surface area contributed by atoms with Gasteiger partial charge in [-0.1, -0.05) is 0 Å². The molecule has 0 aliphatic heterocycles. The SMILES string of the molecule is COc1ccc2oc(C(=O)c3cc(C)oc3C)c(C)c2c1. The monoisotopic (exact) mass is 284 g/mol. The maximum absolute atomic E-state index is 12.6. The van der Waals surface area contributed by atoms with Crippen molar-refractivity contribution in [3.05, 3.63) is 52.7 Å². The molecule has 0 saturated heterocycles. The molecule has 0 bridgehead atoms.